The van der Waals surface area contributed by atoms with Crippen molar-refractivity contribution in [2.75, 3.05) is 46.9 Å². The van der Waals surface area contributed by atoms with E-state index in [4.69, 9.17) is 16.3 Å². The van der Waals surface area contributed by atoms with Gasteiger partial charge in [0.25, 0.3) is 0 Å². The Hall–Kier alpha value is -1.72. The molecule has 1 aliphatic rings. The number of hydrogen-bond acceptors (Lipinski definition) is 6. The molecule has 28 heavy (non-hydrogen) atoms. The fraction of sp³-hybridized carbons (Fsp3) is 0.529. The van der Waals surface area contributed by atoms with Crippen LogP contribution in [0.4, 0.5) is 0 Å². The largest absolute Gasteiger partial charge is 0.360 e. The molecule has 1 aromatic carbocycles. The summed E-state index contributed by atoms with van der Waals surface area (Å²) in [5.74, 6) is -1.61. The Morgan fingerprint density at radius 2 is 1.86 bits per heavy atom. The van der Waals surface area contributed by atoms with E-state index in [1.807, 2.05) is 19.0 Å². The van der Waals surface area contributed by atoms with E-state index in [9.17, 15) is 18.0 Å². The van der Waals surface area contributed by atoms with E-state index in [0.29, 0.717) is 31.1 Å². The number of ether oxygens (including phenoxy) is 1. The zero-order chi connectivity index (χ0) is 20.7. The van der Waals surface area contributed by atoms with Crippen LogP contribution in [0.15, 0.2) is 29.2 Å². The van der Waals surface area contributed by atoms with Crippen LogP contribution < -0.4 is 10.6 Å². The van der Waals surface area contributed by atoms with E-state index in [2.05, 4.69) is 10.6 Å². The Morgan fingerprint density at radius 3 is 2.50 bits per heavy atom. The molecule has 0 radical (unpaired) electrons. The Labute approximate surface area is 170 Å². The highest BCUT2D eigenvalue weighted by molar-refractivity contribution is 7.89. The van der Waals surface area contributed by atoms with Crippen molar-refractivity contribution in [1.29, 1.82) is 0 Å². The molecule has 1 atom stereocenters. The number of rotatable bonds is 7. The van der Waals surface area contributed by atoms with Crippen molar-refractivity contribution in [3.63, 3.8) is 0 Å². The highest BCUT2D eigenvalue weighted by Gasteiger charge is 2.34. The molecule has 0 aromatic heterocycles. The predicted molar refractivity (Wildman–Crippen MR) is 104 cm³/mol. The van der Waals surface area contributed by atoms with Crippen LogP contribution in [0.5, 0.6) is 0 Å². The normalized spacial score (nSPS) is 18.1. The first kappa shape index (κ1) is 22.6. The van der Waals surface area contributed by atoms with Crippen LogP contribution >= 0.6 is 11.6 Å². The lowest BCUT2D eigenvalue weighted by molar-refractivity contribution is -0.140. The van der Waals surface area contributed by atoms with Gasteiger partial charge in [-0.3, -0.25) is 9.59 Å². The first-order valence-corrected chi connectivity index (χ1v) is 10.6. The monoisotopic (exact) mass is 432 g/mol. The van der Waals surface area contributed by atoms with Crippen molar-refractivity contribution in [1.82, 2.24) is 19.8 Å². The topological polar surface area (TPSA) is 108 Å². The SMILES string of the molecule is CN(C)CCNC(=O)C(=O)NC[C@@H]1OCCCN1S(=O)(=O)c1ccc(Cl)cc1. The summed E-state index contributed by atoms with van der Waals surface area (Å²) in [6, 6.07) is 5.82. The molecule has 0 saturated carbocycles. The Balaban J connectivity index is 1.98. The van der Waals surface area contributed by atoms with Crippen LogP contribution in [0.2, 0.25) is 5.02 Å². The highest BCUT2D eigenvalue weighted by Crippen LogP contribution is 2.23. The van der Waals surface area contributed by atoms with Gasteiger partial charge in [0.1, 0.15) is 6.23 Å². The Kier molecular flexibility index (Phi) is 8.20. The maximum Gasteiger partial charge on any atom is 0.309 e. The fourth-order valence-electron chi connectivity index (χ4n) is 2.58. The van der Waals surface area contributed by atoms with Gasteiger partial charge in [0.05, 0.1) is 18.0 Å². The number of halogens is 1. The second-order valence-corrected chi connectivity index (χ2v) is 8.84. The molecule has 1 heterocycles. The van der Waals surface area contributed by atoms with Gasteiger partial charge in [0.15, 0.2) is 0 Å². The Bertz CT molecular complexity index is 785. The van der Waals surface area contributed by atoms with Gasteiger partial charge < -0.3 is 20.3 Å². The lowest BCUT2D eigenvalue weighted by Crippen LogP contribution is -2.53. The summed E-state index contributed by atoms with van der Waals surface area (Å²) in [6.45, 7) is 1.41. The van der Waals surface area contributed by atoms with Gasteiger partial charge in [0.2, 0.25) is 10.0 Å². The summed E-state index contributed by atoms with van der Waals surface area (Å²) in [6.07, 6.45) is -0.365. The molecule has 0 spiro atoms. The van der Waals surface area contributed by atoms with Crippen molar-refractivity contribution >= 4 is 33.4 Å². The number of nitrogens with zero attached hydrogens (tertiary/aromatic N) is 2. The standard InChI is InChI=1S/C17H25ClN4O5S/c1-21(2)10-8-19-16(23)17(24)20-12-15-22(9-3-11-27-15)28(25,26)14-6-4-13(18)5-7-14/h4-7,15H,3,8-12H2,1-2H3,(H,19,23)(H,20,24)/t15-/m0/s1. The zero-order valence-electron chi connectivity index (χ0n) is 15.9. The maximum atomic E-state index is 12.9. The van der Waals surface area contributed by atoms with Crippen molar-refractivity contribution in [2.24, 2.45) is 0 Å². The van der Waals surface area contributed by atoms with Crippen molar-refractivity contribution in [3.8, 4) is 0 Å². The number of carbonyl (C=O) groups excluding carboxylic acids is 2. The Morgan fingerprint density at radius 1 is 1.21 bits per heavy atom. The molecule has 2 rings (SSSR count). The van der Waals surface area contributed by atoms with Crippen LogP contribution in [0, 0.1) is 0 Å². The van der Waals surface area contributed by atoms with Gasteiger partial charge in [-0.25, -0.2) is 8.42 Å². The molecule has 9 nitrogen and oxygen atoms in total. The highest BCUT2D eigenvalue weighted by atomic mass is 35.5. The number of benzene rings is 1. The summed E-state index contributed by atoms with van der Waals surface area (Å²) in [4.78, 5) is 25.7. The third kappa shape index (κ3) is 6.14. The number of sulfonamides is 1. The summed E-state index contributed by atoms with van der Waals surface area (Å²) < 4.78 is 32.5. The third-order valence-electron chi connectivity index (χ3n) is 4.06. The second-order valence-electron chi connectivity index (χ2n) is 6.52. The van der Waals surface area contributed by atoms with Crippen LogP contribution in [0.1, 0.15) is 6.42 Å². The fourth-order valence-corrected chi connectivity index (χ4v) is 4.27. The van der Waals surface area contributed by atoms with Crippen molar-refractivity contribution in [3.05, 3.63) is 29.3 Å². The smallest absolute Gasteiger partial charge is 0.309 e. The van der Waals surface area contributed by atoms with Crippen LogP contribution in [0.25, 0.3) is 0 Å². The van der Waals surface area contributed by atoms with E-state index in [0.717, 1.165) is 0 Å². The van der Waals surface area contributed by atoms with Gasteiger partial charge in [-0.15, -0.1) is 0 Å². The minimum Gasteiger partial charge on any atom is -0.360 e. The van der Waals surface area contributed by atoms with Gasteiger partial charge in [0, 0.05) is 24.7 Å². The van der Waals surface area contributed by atoms with Gasteiger partial charge in [-0.05, 0) is 44.8 Å². The van der Waals surface area contributed by atoms with Crippen molar-refractivity contribution < 1.29 is 22.7 Å². The van der Waals surface area contributed by atoms with Crippen molar-refractivity contribution in [2.45, 2.75) is 17.5 Å². The number of amides is 2. The summed E-state index contributed by atoms with van der Waals surface area (Å²) in [5.41, 5.74) is 0. The third-order valence-corrected chi connectivity index (χ3v) is 6.22. The molecule has 1 aromatic rings. The molecular weight excluding hydrogens is 408 g/mol. The predicted octanol–water partition coefficient (Wildman–Crippen LogP) is -0.129. The molecule has 2 amide bonds. The maximum absolute atomic E-state index is 12.9. The first-order chi connectivity index (χ1) is 13.2. The van der Waals surface area contributed by atoms with E-state index < -0.39 is 28.1 Å². The summed E-state index contributed by atoms with van der Waals surface area (Å²) in [7, 11) is -0.128. The minimum absolute atomic E-state index is 0.0835. The van der Waals surface area contributed by atoms with E-state index in [1.165, 1.54) is 28.6 Å². The van der Waals surface area contributed by atoms with E-state index in [1.54, 1.807) is 0 Å². The van der Waals surface area contributed by atoms with E-state index in [-0.39, 0.29) is 18.0 Å². The van der Waals surface area contributed by atoms with Crippen LogP contribution in [-0.2, 0) is 24.3 Å². The number of hydrogen-bond donors (Lipinski definition) is 2. The second kappa shape index (κ2) is 10.2. The zero-order valence-corrected chi connectivity index (χ0v) is 17.4. The number of likely N-dealkylation sites (N-methyl/N-ethyl adjacent to an activating group) is 1. The minimum atomic E-state index is -3.83. The molecule has 1 saturated heterocycles. The summed E-state index contributed by atoms with van der Waals surface area (Å²) in [5, 5.41) is 5.36. The molecular formula is C17H25ClN4O5S. The number of nitrogens with one attached hydrogen (secondary N) is 2. The van der Waals surface area contributed by atoms with Gasteiger partial charge >= 0.3 is 11.8 Å². The lowest BCUT2D eigenvalue weighted by atomic mass is 10.3. The average Bonchev–Trinajstić information content (AvgIpc) is 2.66. The lowest BCUT2D eigenvalue weighted by Gasteiger charge is -2.34. The molecule has 156 valence electrons. The molecule has 1 fully saturated rings. The molecule has 2 N–H and O–H groups in total. The van der Waals surface area contributed by atoms with Gasteiger partial charge in [-0.2, -0.15) is 4.31 Å². The molecule has 0 unspecified atom stereocenters. The summed E-state index contributed by atoms with van der Waals surface area (Å²) >= 11 is 5.82. The molecule has 0 aliphatic carbocycles. The van der Waals surface area contributed by atoms with Crippen LogP contribution in [-0.4, -0.2) is 82.5 Å². The molecule has 0 bridgehead atoms. The van der Waals surface area contributed by atoms with E-state index >= 15 is 0 Å². The number of carbonyl (C=O) groups is 2. The average molecular weight is 433 g/mol. The quantitative estimate of drug-likeness (QED) is 0.581. The first-order valence-electron chi connectivity index (χ1n) is 8.81. The van der Waals surface area contributed by atoms with Crippen LogP contribution in [0.3, 0.4) is 0 Å². The van der Waals surface area contributed by atoms with Gasteiger partial charge in [-0.1, -0.05) is 11.6 Å². The molecule has 11 heteroatoms. The molecule has 1 aliphatic heterocycles.